The molecule has 2 aromatic rings. The van der Waals surface area contributed by atoms with Gasteiger partial charge in [0.05, 0.1) is 10.5 Å². The van der Waals surface area contributed by atoms with Crippen molar-refractivity contribution < 1.29 is 31.5 Å². The SMILES string of the molecule is O=C(O)N1CCC(NS(=O)(=O)c2ccc(-c3ccccc3)cc2C(F)(F)F)CC1. The molecule has 10 heteroatoms. The van der Waals surface area contributed by atoms with Gasteiger partial charge in [0.15, 0.2) is 0 Å². The van der Waals surface area contributed by atoms with Gasteiger partial charge in [0.2, 0.25) is 10.0 Å². The van der Waals surface area contributed by atoms with Crippen LogP contribution in [0.3, 0.4) is 0 Å². The number of benzene rings is 2. The van der Waals surface area contributed by atoms with Crippen LogP contribution in [0.15, 0.2) is 53.4 Å². The van der Waals surface area contributed by atoms with Crippen molar-refractivity contribution in [2.24, 2.45) is 0 Å². The number of carboxylic acid groups (broad SMARTS) is 1. The van der Waals surface area contributed by atoms with E-state index in [0.29, 0.717) is 5.56 Å². The highest BCUT2D eigenvalue weighted by molar-refractivity contribution is 7.89. The van der Waals surface area contributed by atoms with Gasteiger partial charge in [-0.05, 0) is 36.1 Å². The number of hydrogen-bond donors (Lipinski definition) is 2. The Morgan fingerprint density at radius 3 is 2.21 bits per heavy atom. The zero-order valence-electron chi connectivity index (χ0n) is 15.2. The smallest absolute Gasteiger partial charge is 0.417 e. The molecule has 6 nitrogen and oxygen atoms in total. The molecule has 1 aliphatic rings. The lowest BCUT2D eigenvalue weighted by atomic mass is 10.0. The van der Waals surface area contributed by atoms with Crippen LogP contribution in [0, 0.1) is 0 Å². The Hall–Kier alpha value is -2.59. The first-order valence-electron chi connectivity index (χ1n) is 8.85. The summed E-state index contributed by atoms with van der Waals surface area (Å²) in [6.07, 6.45) is -5.59. The van der Waals surface area contributed by atoms with E-state index in [-0.39, 0.29) is 31.5 Å². The summed E-state index contributed by atoms with van der Waals surface area (Å²) < 4.78 is 68.6. The number of hydrogen-bond acceptors (Lipinski definition) is 3. The number of piperidine rings is 1. The van der Waals surface area contributed by atoms with Crippen LogP contribution in [0.2, 0.25) is 0 Å². The van der Waals surface area contributed by atoms with E-state index in [1.165, 1.54) is 6.07 Å². The molecule has 1 fully saturated rings. The van der Waals surface area contributed by atoms with Gasteiger partial charge in [0.1, 0.15) is 0 Å². The molecular weight excluding hydrogens is 409 g/mol. The molecule has 1 amide bonds. The maximum absolute atomic E-state index is 13.6. The second kappa shape index (κ2) is 8.03. The van der Waals surface area contributed by atoms with Crippen LogP contribution in [0.25, 0.3) is 11.1 Å². The monoisotopic (exact) mass is 428 g/mol. The molecule has 2 N–H and O–H groups in total. The van der Waals surface area contributed by atoms with Gasteiger partial charge in [-0.1, -0.05) is 36.4 Å². The second-order valence-corrected chi connectivity index (χ2v) is 8.42. The lowest BCUT2D eigenvalue weighted by Gasteiger charge is -2.30. The van der Waals surface area contributed by atoms with Gasteiger partial charge in [-0.2, -0.15) is 13.2 Å². The summed E-state index contributed by atoms with van der Waals surface area (Å²) in [4.78, 5) is 11.2. The second-order valence-electron chi connectivity index (χ2n) is 6.74. The molecule has 0 atom stereocenters. The van der Waals surface area contributed by atoms with Gasteiger partial charge >= 0.3 is 12.3 Å². The summed E-state index contributed by atoms with van der Waals surface area (Å²) >= 11 is 0. The van der Waals surface area contributed by atoms with Crippen molar-refractivity contribution in [3.05, 3.63) is 54.1 Å². The summed E-state index contributed by atoms with van der Waals surface area (Å²) in [5.41, 5.74) is -0.447. The molecule has 1 saturated heterocycles. The summed E-state index contributed by atoms with van der Waals surface area (Å²) in [5, 5.41) is 8.94. The van der Waals surface area contributed by atoms with Crippen molar-refractivity contribution in [2.75, 3.05) is 13.1 Å². The third-order valence-electron chi connectivity index (χ3n) is 4.77. The van der Waals surface area contributed by atoms with Crippen LogP contribution in [0.4, 0.5) is 18.0 Å². The van der Waals surface area contributed by atoms with Crippen molar-refractivity contribution in [2.45, 2.75) is 30.0 Å². The first kappa shape index (κ1) is 21.1. The van der Waals surface area contributed by atoms with Crippen molar-refractivity contribution in [1.82, 2.24) is 9.62 Å². The summed E-state index contributed by atoms with van der Waals surface area (Å²) in [6.45, 7) is 0.225. The minimum atomic E-state index is -4.86. The maximum Gasteiger partial charge on any atom is 0.417 e. The Labute approximate surface area is 166 Å². The third-order valence-corrected chi connectivity index (χ3v) is 6.35. The van der Waals surface area contributed by atoms with Crippen LogP contribution in [-0.2, 0) is 16.2 Å². The Morgan fingerprint density at radius 1 is 1.03 bits per heavy atom. The molecule has 0 saturated carbocycles. The summed E-state index contributed by atoms with van der Waals surface area (Å²) in [5.74, 6) is 0. The number of likely N-dealkylation sites (tertiary alicyclic amines) is 1. The standard InChI is InChI=1S/C19H19F3N2O4S/c20-19(21,22)16-12-14(13-4-2-1-3-5-13)6-7-17(16)29(27,28)23-15-8-10-24(11-9-15)18(25)26/h1-7,12,15,23H,8-11H2,(H,25,26). The predicted molar refractivity (Wildman–Crippen MR) is 99.8 cm³/mol. The van der Waals surface area contributed by atoms with Crippen LogP contribution in [-0.4, -0.2) is 43.6 Å². The van der Waals surface area contributed by atoms with Gasteiger partial charge in [-0.3, -0.25) is 0 Å². The first-order valence-corrected chi connectivity index (χ1v) is 10.3. The van der Waals surface area contributed by atoms with Gasteiger partial charge in [0.25, 0.3) is 0 Å². The van der Waals surface area contributed by atoms with Gasteiger partial charge in [-0.25, -0.2) is 17.9 Å². The lowest BCUT2D eigenvalue weighted by molar-refractivity contribution is -0.139. The van der Waals surface area contributed by atoms with E-state index >= 15 is 0 Å². The minimum Gasteiger partial charge on any atom is -0.465 e. The van der Waals surface area contributed by atoms with Crippen LogP contribution in [0.1, 0.15) is 18.4 Å². The average molecular weight is 428 g/mol. The fraction of sp³-hybridized carbons (Fsp3) is 0.316. The topological polar surface area (TPSA) is 86.7 Å². The molecule has 2 aromatic carbocycles. The molecule has 1 aliphatic heterocycles. The van der Waals surface area contributed by atoms with Crippen molar-refractivity contribution in [3.63, 3.8) is 0 Å². The van der Waals surface area contributed by atoms with E-state index in [9.17, 15) is 26.4 Å². The average Bonchev–Trinajstić information content (AvgIpc) is 2.67. The normalized spacial score (nSPS) is 16.0. The van der Waals surface area contributed by atoms with E-state index < -0.39 is 38.8 Å². The number of nitrogens with zero attached hydrogens (tertiary/aromatic N) is 1. The number of amides is 1. The van der Waals surface area contributed by atoms with Crippen molar-refractivity contribution >= 4 is 16.1 Å². The molecule has 0 bridgehead atoms. The number of carbonyl (C=O) groups is 1. The van der Waals surface area contributed by atoms with Crippen LogP contribution >= 0.6 is 0 Å². The number of alkyl halides is 3. The molecular formula is C19H19F3N2O4S. The Kier molecular flexibility index (Phi) is 5.85. The fourth-order valence-corrected chi connectivity index (χ4v) is 4.78. The molecule has 0 spiro atoms. The highest BCUT2D eigenvalue weighted by Crippen LogP contribution is 2.37. The molecule has 1 heterocycles. The van der Waals surface area contributed by atoms with E-state index in [0.717, 1.165) is 17.0 Å². The Balaban J connectivity index is 1.89. The predicted octanol–water partition coefficient (Wildman–Crippen LogP) is 3.79. The Morgan fingerprint density at radius 2 is 1.66 bits per heavy atom. The zero-order chi connectivity index (χ0) is 21.2. The van der Waals surface area contributed by atoms with E-state index in [1.54, 1.807) is 30.3 Å². The van der Waals surface area contributed by atoms with Crippen molar-refractivity contribution in [3.8, 4) is 11.1 Å². The molecule has 0 aromatic heterocycles. The van der Waals surface area contributed by atoms with Gasteiger partial charge in [0, 0.05) is 19.1 Å². The van der Waals surface area contributed by atoms with E-state index in [4.69, 9.17) is 5.11 Å². The zero-order valence-corrected chi connectivity index (χ0v) is 16.0. The highest BCUT2D eigenvalue weighted by Gasteiger charge is 2.38. The number of nitrogens with one attached hydrogen (secondary N) is 1. The molecule has 0 aliphatic carbocycles. The number of rotatable bonds is 4. The van der Waals surface area contributed by atoms with E-state index in [1.807, 2.05) is 0 Å². The van der Waals surface area contributed by atoms with Crippen LogP contribution < -0.4 is 4.72 Å². The molecule has 0 radical (unpaired) electrons. The quantitative estimate of drug-likeness (QED) is 0.776. The van der Waals surface area contributed by atoms with Gasteiger partial charge in [-0.15, -0.1) is 0 Å². The van der Waals surface area contributed by atoms with E-state index in [2.05, 4.69) is 4.72 Å². The number of sulfonamides is 1. The minimum absolute atomic E-state index is 0.113. The molecule has 0 unspecified atom stereocenters. The first-order chi connectivity index (χ1) is 13.6. The Bertz CT molecular complexity index is 986. The third kappa shape index (κ3) is 4.88. The largest absolute Gasteiger partial charge is 0.465 e. The summed E-state index contributed by atoms with van der Waals surface area (Å²) in [6, 6.07) is 10.9. The van der Waals surface area contributed by atoms with Crippen molar-refractivity contribution in [1.29, 1.82) is 0 Å². The lowest BCUT2D eigenvalue weighted by Crippen LogP contribution is -2.46. The molecule has 29 heavy (non-hydrogen) atoms. The van der Waals surface area contributed by atoms with Crippen LogP contribution in [0.5, 0.6) is 0 Å². The maximum atomic E-state index is 13.6. The highest BCUT2D eigenvalue weighted by atomic mass is 32.2. The summed E-state index contributed by atoms with van der Waals surface area (Å²) in [7, 11) is -4.45. The fourth-order valence-electron chi connectivity index (χ4n) is 3.27. The van der Waals surface area contributed by atoms with Gasteiger partial charge < -0.3 is 10.0 Å². The molecule has 156 valence electrons. The molecule has 3 rings (SSSR count). The number of halogens is 3.